The van der Waals surface area contributed by atoms with Gasteiger partial charge in [0.15, 0.2) is 0 Å². The van der Waals surface area contributed by atoms with Crippen LogP contribution in [0.4, 0.5) is 0 Å². The molecule has 0 aliphatic rings. The fourth-order valence-electron chi connectivity index (χ4n) is 0.476. The summed E-state index contributed by atoms with van der Waals surface area (Å²) in [7, 11) is 1.38. The zero-order chi connectivity index (χ0) is 10.9. The highest BCUT2D eigenvalue weighted by atomic mass is 16.5. The molecule has 0 unspecified atom stereocenters. The van der Waals surface area contributed by atoms with E-state index in [1.807, 2.05) is 13.8 Å². The number of ether oxygens (including phenoxy) is 2. The standard InChI is InChI=1S/C5H10O2.C4H8O2/c1-4(2)7-5(3)6;1-3-4(5)6-2/h4H,1-3H3;3H2,1-2H3. The van der Waals surface area contributed by atoms with Crippen LogP contribution < -0.4 is 0 Å². The number of carbonyl (C=O) groups is 2. The van der Waals surface area contributed by atoms with Crippen molar-refractivity contribution in [2.24, 2.45) is 0 Å². The molecule has 0 rings (SSSR count). The molecular formula is C9H18O4. The Labute approximate surface area is 79.2 Å². The molecule has 0 N–H and O–H groups in total. The molecular weight excluding hydrogens is 172 g/mol. The summed E-state index contributed by atoms with van der Waals surface area (Å²) < 4.78 is 8.87. The Morgan fingerprint density at radius 1 is 1.31 bits per heavy atom. The maximum absolute atomic E-state index is 10.0. The highest BCUT2D eigenvalue weighted by Gasteiger charge is 1.93. The first kappa shape index (κ1) is 14.5. The molecule has 4 nitrogen and oxygen atoms in total. The van der Waals surface area contributed by atoms with Gasteiger partial charge in [0.25, 0.3) is 0 Å². The molecule has 0 aromatic heterocycles. The number of rotatable bonds is 2. The topological polar surface area (TPSA) is 52.6 Å². The summed E-state index contributed by atoms with van der Waals surface area (Å²) in [5, 5.41) is 0. The molecule has 0 saturated carbocycles. The van der Waals surface area contributed by atoms with Gasteiger partial charge in [-0.2, -0.15) is 0 Å². The van der Waals surface area contributed by atoms with Gasteiger partial charge in [-0.15, -0.1) is 0 Å². The van der Waals surface area contributed by atoms with Crippen molar-refractivity contribution in [3.8, 4) is 0 Å². The van der Waals surface area contributed by atoms with Gasteiger partial charge in [0.1, 0.15) is 0 Å². The van der Waals surface area contributed by atoms with Crippen molar-refractivity contribution < 1.29 is 19.1 Å². The minimum atomic E-state index is -0.213. The van der Waals surface area contributed by atoms with Crippen molar-refractivity contribution in [1.82, 2.24) is 0 Å². The smallest absolute Gasteiger partial charge is 0.305 e. The minimum Gasteiger partial charge on any atom is -0.469 e. The van der Waals surface area contributed by atoms with E-state index in [9.17, 15) is 9.59 Å². The maximum atomic E-state index is 10.0. The van der Waals surface area contributed by atoms with Crippen molar-refractivity contribution >= 4 is 11.9 Å². The van der Waals surface area contributed by atoms with Gasteiger partial charge >= 0.3 is 11.9 Å². The second kappa shape index (κ2) is 9.03. The molecule has 0 aliphatic carbocycles. The Bertz CT molecular complexity index is 146. The Morgan fingerprint density at radius 3 is 1.77 bits per heavy atom. The molecule has 0 spiro atoms. The molecule has 0 aliphatic heterocycles. The van der Waals surface area contributed by atoms with Crippen molar-refractivity contribution in [1.29, 1.82) is 0 Å². The van der Waals surface area contributed by atoms with Crippen LogP contribution in [0.15, 0.2) is 0 Å². The van der Waals surface area contributed by atoms with E-state index >= 15 is 0 Å². The third-order valence-corrected chi connectivity index (χ3v) is 0.918. The zero-order valence-corrected chi connectivity index (χ0v) is 8.92. The normalized spacial score (nSPS) is 8.46. The van der Waals surface area contributed by atoms with Crippen LogP contribution >= 0.6 is 0 Å². The lowest BCUT2D eigenvalue weighted by Gasteiger charge is -2.01. The van der Waals surface area contributed by atoms with Gasteiger partial charge < -0.3 is 9.47 Å². The Kier molecular flexibility index (Phi) is 10.0. The van der Waals surface area contributed by atoms with Crippen LogP contribution in [0.5, 0.6) is 0 Å². The van der Waals surface area contributed by atoms with E-state index in [0.29, 0.717) is 6.42 Å². The predicted octanol–water partition coefficient (Wildman–Crippen LogP) is 1.53. The number of hydrogen-bond donors (Lipinski definition) is 0. The summed E-state index contributed by atoms with van der Waals surface area (Å²) in [5.41, 5.74) is 0. The summed E-state index contributed by atoms with van der Waals surface area (Å²) in [5.74, 6) is -0.370. The third kappa shape index (κ3) is 18.2. The molecule has 0 radical (unpaired) electrons. The summed E-state index contributed by atoms with van der Waals surface area (Å²) >= 11 is 0. The molecule has 13 heavy (non-hydrogen) atoms. The first-order chi connectivity index (χ1) is 5.93. The quantitative estimate of drug-likeness (QED) is 0.619. The SMILES string of the molecule is CC(=O)OC(C)C.CCC(=O)OC. The Morgan fingerprint density at radius 2 is 1.77 bits per heavy atom. The predicted molar refractivity (Wildman–Crippen MR) is 49.2 cm³/mol. The van der Waals surface area contributed by atoms with Gasteiger partial charge in [0, 0.05) is 13.3 Å². The molecule has 0 saturated heterocycles. The summed E-state index contributed by atoms with van der Waals surface area (Å²) in [6.07, 6.45) is 0.494. The number of carbonyl (C=O) groups excluding carboxylic acids is 2. The molecule has 0 fully saturated rings. The first-order valence-electron chi connectivity index (χ1n) is 4.18. The van der Waals surface area contributed by atoms with Gasteiger partial charge in [-0.05, 0) is 13.8 Å². The molecule has 0 aromatic rings. The summed E-state index contributed by atoms with van der Waals surface area (Å²) in [6, 6.07) is 0. The van der Waals surface area contributed by atoms with Crippen molar-refractivity contribution in [2.45, 2.75) is 40.2 Å². The van der Waals surface area contributed by atoms with Crippen LogP contribution in [0.1, 0.15) is 34.1 Å². The second-order valence-electron chi connectivity index (χ2n) is 2.59. The maximum Gasteiger partial charge on any atom is 0.305 e. The van der Waals surface area contributed by atoms with E-state index in [-0.39, 0.29) is 18.0 Å². The fourth-order valence-corrected chi connectivity index (χ4v) is 0.476. The molecule has 0 aromatic carbocycles. The van der Waals surface area contributed by atoms with Crippen LogP contribution in [-0.4, -0.2) is 25.2 Å². The lowest BCUT2D eigenvalue weighted by molar-refractivity contribution is -0.144. The number of esters is 2. The number of hydrogen-bond acceptors (Lipinski definition) is 4. The molecule has 0 bridgehead atoms. The zero-order valence-electron chi connectivity index (χ0n) is 8.92. The highest BCUT2D eigenvalue weighted by molar-refractivity contribution is 5.68. The Hall–Kier alpha value is -1.06. The molecule has 0 atom stereocenters. The van der Waals surface area contributed by atoms with E-state index in [4.69, 9.17) is 0 Å². The van der Waals surface area contributed by atoms with E-state index in [1.54, 1.807) is 6.92 Å². The van der Waals surface area contributed by atoms with Gasteiger partial charge in [-0.1, -0.05) is 6.92 Å². The van der Waals surface area contributed by atoms with E-state index in [0.717, 1.165) is 0 Å². The summed E-state index contributed by atoms with van der Waals surface area (Å²) in [6.45, 7) is 6.80. The van der Waals surface area contributed by atoms with Gasteiger partial charge in [0.2, 0.25) is 0 Å². The summed E-state index contributed by atoms with van der Waals surface area (Å²) in [4.78, 5) is 20.0. The van der Waals surface area contributed by atoms with E-state index < -0.39 is 0 Å². The average molecular weight is 190 g/mol. The third-order valence-electron chi connectivity index (χ3n) is 0.918. The van der Waals surface area contributed by atoms with Gasteiger partial charge in [-0.3, -0.25) is 9.59 Å². The second-order valence-corrected chi connectivity index (χ2v) is 2.59. The van der Waals surface area contributed by atoms with Crippen LogP contribution in [0.2, 0.25) is 0 Å². The Balaban J connectivity index is 0. The largest absolute Gasteiger partial charge is 0.469 e. The highest BCUT2D eigenvalue weighted by Crippen LogP contribution is 1.85. The van der Waals surface area contributed by atoms with Crippen molar-refractivity contribution in [2.75, 3.05) is 7.11 Å². The molecule has 0 amide bonds. The minimum absolute atomic E-state index is 0.0255. The van der Waals surface area contributed by atoms with Crippen molar-refractivity contribution in [3.05, 3.63) is 0 Å². The van der Waals surface area contributed by atoms with Gasteiger partial charge in [0.05, 0.1) is 13.2 Å². The lowest BCUT2D eigenvalue weighted by atomic mass is 10.5. The van der Waals surface area contributed by atoms with Crippen LogP contribution in [-0.2, 0) is 19.1 Å². The monoisotopic (exact) mass is 190 g/mol. The lowest BCUT2D eigenvalue weighted by Crippen LogP contribution is -2.06. The first-order valence-corrected chi connectivity index (χ1v) is 4.18. The van der Waals surface area contributed by atoms with E-state index in [2.05, 4.69) is 9.47 Å². The van der Waals surface area contributed by atoms with Crippen LogP contribution in [0.3, 0.4) is 0 Å². The van der Waals surface area contributed by atoms with Crippen molar-refractivity contribution in [3.63, 3.8) is 0 Å². The molecule has 4 heteroatoms. The van der Waals surface area contributed by atoms with Gasteiger partial charge in [-0.25, -0.2) is 0 Å². The van der Waals surface area contributed by atoms with Crippen LogP contribution in [0.25, 0.3) is 0 Å². The molecule has 0 heterocycles. The average Bonchev–Trinajstić information content (AvgIpc) is 2.01. The molecule has 78 valence electrons. The fraction of sp³-hybridized carbons (Fsp3) is 0.778. The van der Waals surface area contributed by atoms with Crippen LogP contribution in [0, 0.1) is 0 Å². The van der Waals surface area contributed by atoms with E-state index in [1.165, 1.54) is 14.0 Å². The number of methoxy groups -OCH3 is 1.